The molecule has 18 heavy (non-hydrogen) atoms. The van der Waals surface area contributed by atoms with Crippen molar-refractivity contribution in [2.24, 2.45) is 0 Å². The second-order valence-electron chi connectivity index (χ2n) is 4.42. The number of aromatic nitrogens is 2. The molecule has 0 atom stereocenters. The summed E-state index contributed by atoms with van der Waals surface area (Å²) in [6.07, 6.45) is 3.22. The maximum Gasteiger partial charge on any atom is 0.202 e. The molecule has 3 rings (SSSR count). The molecule has 1 aliphatic rings. The van der Waals surface area contributed by atoms with Crippen LogP contribution in [0.25, 0.3) is 0 Å². The number of nitrogens with one attached hydrogen (secondary N) is 1. The molecule has 5 heteroatoms. The van der Waals surface area contributed by atoms with Crippen LogP contribution in [-0.4, -0.2) is 22.5 Å². The van der Waals surface area contributed by atoms with Crippen molar-refractivity contribution >= 4 is 16.7 Å². The molecule has 1 heterocycles. The van der Waals surface area contributed by atoms with Gasteiger partial charge in [0.25, 0.3) is 0 Å². The quantitative estimate of drug-likeness (QED) is 0.899. The second kappa shape index (κ2) is 4.94. The Morgan fingerprint density at radius 1 is 1.39 bits per heavy atom. The molecule has 1 aromatic carbocycles. The predicted octanol–water partition coefficient (Wildman–Crippen LogP) is 2.71. The molecule has 4 nitrogen and oxygen atoms in total. The summed E-state index contributed by atoms with van der Waals surface area (Å²) >= 11 is 1.44. The van der Waals surface area contributed by atoms with Crippen LogP contribution in [0, 0.1) is 0 Å². The fraction of sp³-hybridized carbons (Fsp3) is 0.385. The van der Waals surface area contributed by atoms with Crippen LogP contribution in [0.1, 0.15) is 24.2 Å². The Kier molecular flexibility index (Phi) is 3.15. The minimum Gasteiger partial charge on any atom is -0.496 e. The highest BCUT2D eigenvalue weighted by Gasteiger charge is 2.22. The van der Waals surface area contributed by atoms with Gasteiger partial charge in [-0.15, -0.1) is 0 Å². The molecule has 0 bridgehead atoms. The minimum absolute atomic E-state index is 0.622. The van der Waals surface area contributed by atoms with Gasteiger partial charge in [-0.25, -0.2) is 4.98 Å². The Balaban J connectivity index is 1.72. The van der Waals surface area contributed by atoms with Crippen LogP contribution in [0.15, 0.2) is 24.3 Å². The standard InChI is InChI=1S/C13H15N3OS/c1-17-11-5-3-2-4-9(11)8-12-15-13(18-16-12)14-10-6-7-10/h2-5,10H,6-8H2,1H3,(H,14,15,16). The molecule has 0 spiro atoms. The van der Waals surface area contributed by atoms with E-state index in [0.717, 1.165) is 22.3 Å². The Morgan fingerprint density at radius 3 is 3.00 bits per heavy atom. The summed E-state index contributed by atoms with van der Waals surface area (Å²) in [6.45, 7) is 0. The molecular formula is C13H15N3OS. The van der Waals surface area contributed by atoms with Gasteiger partial charge < -0.3 is 10.1 Å². The van der Waals surface area contributed by atoms with E-state index in [9.17, 15) is 0 Å². The van der Waals surface area contributed by atoms with Crippen molar-refractivity contribution in [1.82, 2.24) is 9.36 Å². The molecule has 0 unspecified atom stereocenters. The highest BCUT2D eigenvalue weighted by atomic mass is 32.1. The van der Waals surface area contributed by atoms with E-state index in [-0.39, 0.29) is 0 Å². The van der Waals surface area contributed by atoms with Crippen LogP contribution >= 0.6 is 11.5 Å². The van der Waals surface area contributed by atoms with Gasteiger partial charge in [-0.05, 0) is 18.9 Å². The van der Waals surface area contributed by atoms with Gasteiger partial charge in [-0.2, -0.15) is 4.37 Å². The van der Waals surface area contributed by atoms with E-state index >= 15 is 0 Å². The number of hydrogen-bond acceptors (Lipinski definition) is 5. The first-order chi connectivity index (χ1) is 8.85. The Labute approximate surface area is 110 Å². The van der Waals surface area contributed by atoms with Crippen molar-refractivity contribution in [2.75, 3.05) is 12.4 Å². The Morgan fingerprint density at radius 2 is 2.22 bits per heavy atom. The van der Waals surface area contributed by atoms with E-state index in [1.54, 1.807) is 7.11 Å². The lowest BCUT2D eigenvalue weighted by atomic mass is 10.1. The largest absolute Gasteiger partial charge is 0.496 e. The van der Waals surface area contributed by atoms with Crippen molar-refractivity contribution in [3.63, 3.8) is 0 Å². The first kappa shape index (κ1) is 11.5. The molecule has 1 aromatic heterocycles. The van der Waals surface area contributed by atoms with E-state index in [1.165, 1.54) is 24.4 Å². The van der Waals surface area contributed by atoms with Gasteiger partial charge in [0.1, 0.15) is 11.6 Å². The number of nitrogens with zero attached hydrogens (tertiary/aromatic N) is 2. The SMILES string of the molecule is COc1ccccc1Cc1nsc(NC2CC2)n1. The van der Waals surface area contributed by atoms with E-state index in [1.807, 2.05) is 24.3 Å². The molecule has 1 saturated carbocycles. The summed E-state index contributed by atoms with van der Waals surface area (Å²) in [7, 11) is 1.69. The minimum atomic E-state index is 0.622. The zero-order valence-electron chi connectivity index (χ0n) is 10.2. The van der Waals surface area contributed by atoms with Crippen molar-refractivity contribution in [3.8, 4) is 5.75 Å². The maximum absolute atomic E-state index is 5.33. The molecule has 1 N–H and O–H groups in total. The van der Waals surface area contributed by atoms with Gasteiger partial charge in [0.05, 0.1) is 7.11 Å². The summed E-state index contributed by atoms with van der Waals surface area (Å²) < 4.78 is 9.71. The van der Waals surface area contributed by atoms with E-state index in [2.05, 4.69) is 14.7 Å². The number of anilines is 1. The van der Waals surface area contributed by atoms with Gasteiger partial charge in [0.2, 0.25) is 5.13 Å². The second-order valence-corrected chi connectivity index (χ2v) is 5.17. The van der Waals surface area contributed by atoms with E-state index in [4.69, 9.17) is 4.74 Å². The third-order valence-electron chi connectivity index (χ3n) is 2.91. The van der Waals surface area contributed by atoms with Gasteiger partial charge in [0, 0.05) is 29.6 Å². The van der Waals surface area contributed by atoms with Crippen LogP contribution in [-0.2, 0) is 6.42 Å². The molecule has 1 aliphatic carbocycles. The molecule has 1 fully saturated rings. The maximum atomic E-state index is 5.33. The summed E-state index contributed by atoms with van der Waals surface area (Å²) in [4.78, 5) is 4.50. The first-order valence-electron chi connectivity index (χ1n) is 6.06. The van der Waals surface area contributed by atoms with Crippen LogP contribution in [0.4, 0.5) is 5.13 Å². The Bertz CT molecular complexity index is 537. The third-order valence-corrected chi connectivity index (χ3v) is 3.60. The lowest BCUT2D eigenvalue weighted by molar-refractivity contribution is 0.410. The molecule has 0 saturated heterocycles. The van der Waals surface area contributed by atoms with E-state index in [0.29, 0.717) is 12.5 Å². The monoisotopic (exact) mass is 261 g/mol. The summed E-state index contributed by atoms with van der Waals surface area (Å²) in [6, 6.07) is 8.61. The predicted molar refractivity (Wildman–Crippen MR) is 72.4 cm³/mol. The lowest BCUT2D eigenvalue weighted by Crippen LogP contribution is -2.00. The smallest absolute Gasteiger partial charge is 0.202 e. The molecule has 2 aromatic rings. The fourth-order valence-electron chi connectivity index (χ4n) is 1.81. The lowest BCUT2D eigenvalue weighted by Gasteiger charge is -2.05. The van der Waals surface area contributed by atoms with Gasteiger partial charge >= 0.3 is 0 Å². The molecule has 0 aliphatic heterocycles. The summed E-state index contributed by atoms with van der Waals surface area (Å²) in [5.41, 5.74) is 1.12. The topological polar surface area (TPSA) is 47.0 Å². The van der Waals surface area contributed by atoms with Crippen LogP contribution in [0.2, 0.25) is 0 Å². The van der Waals surface area contributed by atoms with Crippen molar-refractivity contribution in [1.29, 1.82) is 0 Å². The highest BCUT2D eigenvalue weighted by Crippen LogP contribution is 2.26. The molecule has 0 radical (unpaired) electrons. The average Bonchev–Trinajstić information content (AvgIpc) is 3.10. The normalized spacial score (nSPS) is 14.5. The number of benzene rings is 1. The number of methoxy groups -OCH3 is 1. The molecular weight excluding hydrogens is 246 g/mol. The van der Waals surface area contributed by atoms with Gasteiger partial charge in [0.15, 0.2) is 0 Å². The van der Waals surface area contributed by atoms with Crippen molar-refractivity contribution < 1.29 is 4.74 Å². The van der Waals surface area contributed by atoms with Crippen molar-refractivity contribution in [2.45, 2.75) is 25.3 Å². The fourth-order valence-corrected chi connectivity index (χ4v) is 2.47. The van der Waals surface area contributed by atoms with Crippen LogP contribution < -0.4 is 10.1 Å². The number of hydrogen-bond donors (Lipinski definition) is 1. The highest BCUT2D eigenvalue weighted by molar-refractivity contribution is 7.09. The molecule has 94 valence electrons. The van der Waals surface area contributed by atoms with Crippen LogP contribution in [0.3, 0.4) is 0 Å². The third kappa shape index (κ3) is 2.61. The van der Waals surface area contributed by atoms with Gasteiger partial charge in [-0.3, -0.25) is 0 Å². The van der Waals surface area contributed by atoms with Crippen LogP contribution in [0.5, 0.6) is 5.75 Å². The zero-order chi connectivity index (χ0) is 12.4. The van der Waals surface area contributed by atoms with Gasteiger partial charge in [-0.1, -0.05) is 18.2 Å². The summed E-state index contributed by atoms with van der Waals surface area (Å²) in [5, 5.41) is 4.30. The van der Waals surface area contributed by atoms with E-state index < -0.39 is 0 Å². The zero-order valence-corrected chi connectivity index (χ0v) is 11.0. The Hall–Kier alpha value is -1.62. The summed E-state index contributed by atoms with van der Waals surface area (Å²) in [5.74, 6) is 1.75. The first-order valence-corrected chi connectivity index (χ1v) is 6.83. The van der Waals surface area contributed by atoms with Crippen molar-refractivity contribution in [3.05, 3.63) is 35.7 Å². The molecule has 0 amide bonds. The number of ether oxygens (including phenoxy) is 1. The number of para-hydroxylation sites is 1. The number of rotatable bonds is 5. The average molecular weight is 261 g/mol.